The van der Waals surface area contributed by atoms with Crippen LogP contribution in [-0.4, -0.2) is 47.2 Å². The minimum Gasteiger partial charge on any atom is -0.463 e. The van der Waals surface area contributed by atoms with E-state index in [1.807, 2.05) is 0 Å². The Labute approximate surface area is 147 Å². The Morgan fingerprint density at radius 3 is 1.54 bits per heavy atom. The van der Waals surface area contributed by atoms with Crippen LogP contribution in [0.5, 0.6) is 0 Å². The van der Waals surface area contributed by atoms with Crippen molar-refractivity contribution in [3.05, 3.63) is 0 Å². The summed E-state index contributed by atoms with van der Waals surface area (Å²) in [5, 5.41) is 26.4. The van der Waals surface area contributed by atoms with Crippen molar-refractivity contribution < 1.29 is 24.9 Å². The van der Waals surface area contributed by atoms with E-state index in [9.17, 15) is 4.79 Å². The van der Waals surface area contributed by atoms with Crippen molar-refractivity contribution in [2.45, 2.75) is 96.0 Å². The third-order valence-electron chi connectivity index (χ3n) is 4.19. The highest BCUT2D eigenvalue weighted by Gasteiger charge is 2.07. The molecule has 0 bridgehead atoms. The molecular formula is C19H38O5. The van der Waals surface area contributed by atoms with Crippen LogP contribution in [0.25, 0.3) is 0 Å². The van der Waals surface area contributed by atoms with E-state index in [-0.39, 0.29) is 19.2 Å². The van der Waals surface area contributed by atoms with Gasteiger partial charge in [-0.3, -0.25) is 4.79 Å². The first-order valence-electron chi connectivity index (χ1n) is 9.76. The van der Waals surface area contributed by atoms with E-state index in [0.29, 0.717) is 13.0 Å². The van der Waals surface area contributed by atoms with Crippen molar-refractivity contribution in [3.63, 3.8) is 0 Å². The molecule has 0 aliphatic heterocycles. The summed E-state index contributed by atoms with van der Waals surface area (Å²) in [6.07, 6.45) is 14.9. The molecule has 3 N–H and O–H groups in total. The molecule has 24 heavy (non-hydrogen) atoms. The Morgan fingerprint density at radius 1 is 0.708 bits per heavy atom. The molecule has 0 aliphatic carbocycles. The standard InChI is InChI=1S/C19H38O5/c20-15-13-11-9-7-5-3-1-2-4-6-8-10-12-14-19(23)24-17-18(22)16-21/h18,20-22H,1-17H2. The fraction of sp³-hybridized carbons (Fsp3) is 0.947. The molecule has 5 heteroatoms. The van der Waals surface area contributed by atoms with Gasteiger partial charge in [0, 0.05) is 13.0 Å². The van der Waals surface area contributed by atoms with Crippen LogP contribution < -0.4 is 0 Å². The van der Waals surface area contributed by atoms with Gasteiger partial charge >= 0.3 is 5.97 Å². The molecule has 0 saturated heterocycles. The predicted molar refractivity (Wildman–Crippen MR) is 95.8 cm³/mol. The summed E-state index contributed by atoms with van der Waals surface area (Å²) in [6.45, 7) is -0.165. The number of esters is 1. The van der Waals surface area contributed by atoms with Gasteiger partial charge in [-0.15, -0.1) is 0 Å². The lowest BCUT2D eigenvalue weighted by molar-refractivity contribution is -0.147. The van der Waals surface area contributed by atoms with E-state index in [1.165, 1.54) is 51.4 Å². The second-order valence-corrected chi connectivity index (χ2v) is 6.59. The SMILES string of the molecule is O=C(CCCCCCCCCCCCCCCO)OCC(O)CO. The number of rotatable bonds is 18. The van der Waals surface area contributed by atoms with Gasteiger partial charge < -0.3 is 20.1 Å². The Hall–Kier alpha value is -0.650. The van der Waals surface area contributed by atoms with Crippen LogP contribution in [0.15, 0.2) is 0 Å². The van der Waals surface area contributed by atoms with E-state index in [2.05, 4.69) is 0 Å². The molecule has 144 valence electrons. The van der Waals surface area contributed by atoms with Gasteiger partial charge in [-0.25, -0.2) is 0 Å². The zero-order valence-corrected chi connectivity index (χ0v) is 15.3. The highest BCUT2D eigenvalue weighted by molar-refractivity contribution is 5.69. The first-order chi connectivity index (χ1) is 11.7. The van der Waals surface area contributed by atoms with Crippen LogP contribution in [0.2, 0.25) is 0 Å². The van der Waals surface area contributed by atoms with Crippen LogP contribution in [0.4, 0.5) is 0 Å². The highest BCUT2D eigenvalue weighted by Crippen LogP contribution is 2.13. The van der Waals surface area contributed by atoms with E-state index in [1.54, 1.807) is 0 Å². The highest BCUT2D eigenvalue weighted by atomic mass is 16.5. The lowest BCUT2D eigenvalue weighted by Gasteiger charge is -2.08. The number of aliphatic hydroxyl groups excluding tert-OH is 3. The lowest BCUT2D eigenvalue weighted by atomic mass is 10.0. The molecule has 0 saturated carbocycles. The van der Waals surface area contributed by atoms with Crippen molar-refractivity contribution in [2.24, 2.45) is 0 Å². The van der Waals surface area contributed by atoms with Crippen molar-refractivity contribution in [2.75, 3.05) is 19.8 Å². The summed E-state index contributed by atoms with van der Waals surface area (Å²) >= 11 is 0. The van der Waals surface area contributed by atoms with Crippen LogP contribution >= 0.6 is 0 Å². The summed E-state index contributed by atoms with van der Waals surface area (Å²) in [4.78, 5) is 11.4. The Balaban J connectivity index is 3.13. The van der Waals surface area contributed by atoms with Crippen molar-refractivity contribution in [1.82, 2.24) is 0 Å². The van der Waals surface area contributed by atoms with Crippen LogP contribution in [0.1, 0.15) is 89.9 Å². The van der Waals surface area contributed by atoms with Gasteiger partial charge in [0.25, 0.3) is 0 Å². The molecule has 5 nitrogen and oxygen atoms in total. The Morgan fingerprint density at radius 2 is 1.12 bits per heavy atom. The average molecular weight is 347 g/mol. The van der Waals surface area contributed by atoms with Gasteiger partial charge in [0.2, 0.25) is 0 Å². The average Bonchev–Trinajstić information content (AvgIpc) is 2.59. The molecule has 1 unspecified atom stereocenters. The van der Waals surface area contributed by atoms with E-state index in [0.717, 1.165) is 32.1 Å². The minimum atomic E-state index is -0.963. The zero-order chi connectivity index (χ0) is 17.9. The first-order valence-corrected chi connectivity index (χ1v) is 9.76. The van der Waals surface area contributed by atoms with Crippen molar-refractivity contribution in [3.8, 4) is 0 Å². The van der Waals surface area contributed by atoms with Gasteiger partial charge in [0.15, 0.2) is 0 Å². The quantitative estimate of drug-likeness (QED) is 0.262. The van der Waals surface area contributed by atoms with Crippen LogP contribution in [-0.2, 0) is 9.53 Å². The molecular weight excluding hydrogens is 308 g/mol. The van der Waals surface area contributed by atoms with E-state index < -0.39 is 6.10 Å². The molecule has 0 amide bonds. The topological polar surface area (TPSA) is 87.0 Å². The maximum atomic E-state index is 11.4. The number of unbranched alkanes of at least 4 members (excludes halogenated alkanes) is 12. The van der Waals surface area contributed by atoms with Crippen molar-refractivity contribution >= 4 is 5.97 Å². The van der Waals surface area contributed by atoms with Gasteiger partial charge in [-0.05, 0) is 12.8 Å². The number of carbonyl (C=O) groups excluding carboxylic acids is 1. The van der Waals surface area contributed by atoms with Crippen molar-refractivity contribution in [1.29, 1.82) is 0 Å². The molecule has 0 fully saturated rings. The van der Waals surface area contributed by atoms with E-state index >= 15 is 0 Å². The molecule has 0 aromatic carbocycles. The normalized spacial score (nSPS) is 12.3. The molecule has 0 heterocycles. The van der Waals surface area contributed by atoms with Gasteiger partial charge in [-0.1, -0.05) is 70.6 Å². The molecule has 0 aliphatic rings. The van der Waals surface area contributed by atoms with Gasteiger partial charge in [0.1, 0.15) is 12.7 Å². The molecule has 0 spiro atoms. The second-order valence-electron chi connectivity index (χ2n) is 6.59. The second kappa shape index (κ2) is 18.7. The third-order valence-corrected chi connectivity index (χ3v) is 4.19. The summed E-state index contributed by atoms with van der Waals surface area (Å²) in [7, 11) is 0. The van der Waals surface area contributed by atoms with Crippen LogP contribution in [0.3, 0.4) is 0 Å². The molecule has 1 atom stereocenters. The van der Waals surface area contributed by atoms with Crippen LogP contribution in [0, 0.1) is 0 Å². The number of hydrogen-bond acceptors (Lipinski definition) is 5. The molecule has 0 aromatic heterocycles. The minimum absolute atomic E-state index is 0.114. The number of hydrogen-bond donors (Lipinski definition) is 3. The maximum Gasteiger partial charge on any atom is 0.305 e. The Kier molecular flexibility index (Phi) is 18.2. The third kappa shape index (κ3) is 17.7. The maximum absolute atomic E-state index is 11.4. The summed E-state index contributed by atoms with van der Waals surface area (Å²) in [5.41, 5.74) is 0. The number of carbonyl (C=O) groups is 1. The monoisotopic (exact) mass is 346 g/mol. The van der Waals surface area contributed by atoms with E-state index in [4.69, 9.17) is 20.1 Å². The fourth-order valence-corrected chi connectivity index (χ4v) is 2.64. The smallest absolute Gasteiger partial charge is 0.305 e. The first kappa shape index (κ1) is 23.4. The zero-order valence-electron chi connectivity index (χ0n) is 15.3. The predicted octanol–water partition coefficient (Wildman–Crippen LogP) is 3.34. The fourth-order valence-electron chi connectivity index (χ4n) is 2.64. The number of aliphatic hydroxyl groups is 3. The summed E-state index contributed by atoms with van der Waals surface area (Å²) < 4.78 is 4.85. The van der Waals surface area contributed by atoms with Gasteiger partial charge in [0.05, 0.1) is 6.61 Å². The summed E-state index contributed by atoms with van der Waals surface area (Å²) in [6, 6.07) is 0. The summed E-state index contributed by atoms with van der Waals surface area (Å²) in [5.74, 6) is -0.290. The number of ether oxygens (including phenoxy) is 1. The Bertz CT molecular complexity index is 270. The van der Waals surface area contributed by atoms with Gasteiger partial charge in [-0.2, -0.15) is 0 Å². The molecule has 0 radical (unpaired) electrons. The lowest BCUT2D eigenvalue weighted by Crippen LogP contribution is -2.21. The largest absolute Gasteiger partial charge is 0.463 e. The molecule has 0 aromatic rings. The molecule has 0 rings (SSSR count).